The molecule has 0 spiro atoms. The van der Waals surface area contributed by atoms with Gasteiger partial charge in [0.05, 0.1) is 18.2 Å². The van der Waals surface area contributed by atoms with Gasteiger partial charge in [0, 0.05) is 27.1 Å². The van der Waals surface area contributed by atoms with E-state index in [9.17, 15) is 0 Å². The topological polar surface area (TPSA) is 34.7 Å². The molecule has 0 aliphatic rings. The Morgan fingerprint density at radius 1 is 0.852 bits per heavy atom. The Kier molecular flexibility index (Phi) is 4.88. The third-order valence-corrected chi connectivity index (χ3v) is 4.54. The first-order valence-corrected chi connectivity index (χ1v) is 9.06. The van der Waals surface area contributed by atoms with Gasteiger partial charge in [-0.15, -0.1) is 0 Å². The van der Waals surface area contributed by atoms with Crippen molar-refractivity contribution in [2.75, 3.05) is 7.11 Å². The van der Waals surface area contributed by atoms with Gasteiger partial charge in [0.25, 0.3) is 0 Å². The van der Waals surface area contributed by atoms with Crippen LogP contribution in [-0.2, 0) is 0 Å². The number of hydrogen-bond acceptors (Lipinski definition) is 3. The average molecular weight is 396 g/mol. The maximum atomic E-state index is 6.13. The number of rotatable bonds is 3. The Balaban J connectivity index is 2.02. The molecule has 134 valence electrons. The van der Waals surface area contributed by atoms with Crippen molar-refractivity contribution >= 4 is 39.9 Å². The van der Waals surface area contributed by atoms with Gasteiger partial charge >= 0.3 is 0 Å². The van der Waals surface area contributed by atoms with Crippen molar-refractivity contribution in [1.29, 1.82) is 0 Å². The standard InChI is InChI=1S/C22H15Cl2NO2/c1-26-18-7-8-21-19(12-18)20(25-17-10-15(23)9-16(24)11-17)13-22(27-21)14-5-3-2-4-6-14/h2-13H,1H3. The Morgan fingerprint density at radius 2 is 1.59 bits per heavy atom. The fraction of sp³-hybridized carbons (Fsp3) is 0.0455. The van der Waals surface area contributed by atoms with Gasteiger partial charge in [-0.25, -0.2) is 4.99 Å². The molecule has 3 nitrogen and oxygen atoms in total. The molecular weight excluding hydrogens is 381 g/mol. The van der Waals surface area contributed by atoms with E-state index in [2.05, 4.69) is 0 Å². The highest BCUT2D eigenvalue weighted by Crippen LogP contribution is 2.27. The van der Waals surface area contributed by atoms with Crippen molar-refractivity contribution in [3.63, 3.8) is 0 Å². The Labute approximate surface area is 166 Å². The number of benzene rings is 3. The fourth-order valence-electron chi connectivity index (χ4n) is 2.86. The maximum absolute atomic E-state index is 6.13. The number of ether oxygens (including phenoxy) is 1. The molecule has 0 saturated carbocycles. The summed E-state index contributed by atoms with van der Waals surface area (Å²) in [6.07, 6.45) is 0. The highest BCUT2D eigenvalue weighted by atomic mass is 35.5. The Hall–Kier alpha value is -2.75. The van der Waals surface area contributed by atoms with Crippen LogP contribution in [0, 0.1) is 0 Å². The zero-order valence-electron chi connectivity index (χ0n) is 14.4. The summed E-state index contributed by atoms with van der Waals surface area (Å²) in [5, 5.41) is 2.65. The van der Waals surface area contributed by atoms with Gasteiger partial charge in [0.2, 0.25) is 0 Å². The number of halogens is 2. The molecule has 0 bridgehead atoms. The van der Waals surface area contributed by atoms with Gasteiger partial charge in [-0.2, -0.15) is 0 Å². The minimum Gasteiger partial charge on any atom is -0.497 e. The van der Waals surface area contributed by atoms with Crippen LogP contribution < -0.4 is 10.1 Å². The van der Waals surface area contributed by atoms with E-state index in [1.807, 2.05) is 54.6 Å². The van der Waals surface area contributed by atoms with Gasteiger partial charge in [0.15, 0.2) is 0 Å². The van der Waals surface area contributed by atoms with Crippen LogP contribution in [0.5, 0.6) is 5.75 Å². The number of fused-ring (bicyclic) bond motifs is 1. The third-order valence-electron chi connectivity index (χ3n) is 4.11. The molecule has 0 aliphatic heterocycles. The van der Waals surface area contributed by atoms with Crippen LogP contribution in [-0.4, -0.2) is 7.11 Å². The number of hydrogen-bond donors (Lipinski definition) is 0. The number of nitrogens with zero attached hydrogens (tertiary/aromatic N) is 1. The normalized spacial score (nSPS) is 11.7. The van der Waals surface area contributed by atoms with Gasteiger partial charge in [-0.1, -0.05) is 53.5 Å². The van der Waals surface area contributed by atoms with E-state index >= 15 is 0 Å². The Bertz CT molecular complexity index is 1160. The lowest BCUT2D eigenvalue weighted by Crippen LogP contribution is -2.03. The highest BCUT2D eigenvalue weighted by molar-refractivity contribution is 6.35. The van der Waals surface area contributed by atoms with Crippen molar-refractivity contribution in [1.82, 2.24) is 0 Å². The molecule has 3 aromatic carbocycles. The summed E-state index contributed by atoms with van der Waals surface area (Å²) in [6.45, 7) is 0. The molecule has 0 amide bonds. The smallest absolute Gasteiger partial charge is 0.137 e. The molecule has 4 rings (SSSR count). The molecule has 0 radical (unpaired) electrons. The zero-order valence-corrected chi connectivity index (χ0v) is 16.0. The Morgan fingerprint density at radius 3 is 2.30 bits per heavy atom. The summed E-state index contributed by atoms with van der Waals surface area (Å²) >= 11 is 12.3. The monoisotopic (exact) mass is 395 g/mol. The first-order chi connectivity index (χ1) is 13.1. The van der Waals surface area contributed by atoms with Crippen LogP contribution in [0.4, 0.5) is 5.69 Å². The largest absolute Gasteiger partial charge is 0.497 e. The van der Waals surface area contributed by atoms with E-state index in [-0.39, 0.29) is 0 Å². The molecular formula is C22H15Cl2NO2. The molecule has 0 saturated heterocycles. The predicted octanol–water partition coefficient (Wildman–Crippen LogP) is 6.65. The van der Waals surface area contributed by atoms with Crippen LogP contribution in [0.25, 0.3) is 22.3 Å². The lowest BCUT2D eigenvalue weighted by Gasteiger charge is -2.07. The van der Waals surface area contributed by atoms with Crippen molar-refractivity contribution in [3.05, 3.63) is 88.2 Å². The van der Waals surface area contributed by atoms with E-state index < -0.39 is 0 Å². The maximum Gasteiger partial charge on any atom is 0.137 e. The quantitative estimate of drug-likeness (QED) is 0.389. The second-order valence-electron chi connectivity index (χ2n) is 5.96. The lowest BCUT2D eigenvalue weighted by atomic mass is 10.1. The first-order valence-electron chi connectivity index (χ1n) is 8.30. The fourth-order valence-corrected chi connectivity index (χ4v) is 3.37. The van der Waals surface area contributed by atoms with Crippen molar-refractivity contribution in [2.24, 2.45) is 4.99 Å². The van der Waals surface area contributed by atoms with E-state index in [0.717, 1.165) is 27.8 Å². The molecule has 0 N–H and O–H groups in total. The van der Waals surface area contributed by atoms with Gasteiger partial charge in [-0.05, 0) is 36.4 Å². The van der Waals surface area contributed by atoms with E-state index in [1.54, 1.807) is 25.3 Å². The molecule has 0 aliphatic carbocycles. The SMILES string of the molecule is COc1ccc2oc(-c3ccccc3)cc(=Nc3cc(Cl)cc(Cl)c3)c2c1. The van der Waals surface area contributed by atoms with Crippen molar-refractivity contribution < 1.29 is 9.15 Å². The summed E-state index contributed by atoms with van der Waals surface area (Å²) < 4.78 is 11.5. The third kappa shape index (κ3) is 3.85. The molecule has 5 heteroatoms. The minimum atomic E-state index is 0.534. The molecule has 1 aromatic heterocycles. The molecule has 0 unspecified atom stereocenters. The number of methoxy groups -OCH3 is 1. The summed E-state index contributed by atoms with van der Waals surface area (Å²) in [5.41, 5.74) is 2.35. The molecule has 27 heavy (non-hydrogen) atoms. The van der Waals surface area contributed by atoms with E-state index in [0.29, 0.717) is 21.3 Å². The second-order valence-corrected chi connectivity index (χ2v) is 6.84. The van der Waals surface area contributed by atoms with Crippen molar-refractivity contribution in [2.45, 2.75) is 0 Å². The predicted molar refractivity (Wildman–Crippen MR) is 110 cm³/mol. The van der Waals surface area contributed by atoms with E-state index in [1.165, 1.54) is 0 Å². The van der Waals surface area contributed by atoms with Crippen LogP contribution in [0.15, 0.2) is 82.2 Å². The summed E-state index contributed by atoms with van der Waals surface area (Å²) in [6, 6.07) is 22.7. The van der Waals surface area contributed by atoms with Gasteiger partial charge < -0.3 is 9.15 Å². The zero-order chi connectivity index (χ0) is 18.8. The minimum absolute atomic E-state index is 0.534. The van der Waals surface area contributed by atoms with Crippen LogP contribution in [0.3, 0.4) is 0 Å². The van der Waals surface area contributed by atoms with Crippen LogP contribution in [0.1, 0.15) is 0 Å². The molecule has 0 atom stereocenters. The second kappa shape index (κ2) is 7.47. The first kappa shape index (κ1) is 17.7. The average Bonchev–Trinajstić information content (AvgIpc) is 2.67. The van der Waals surface area contributed by atoms with E-state index in [4.69, 9.17) is 37.3 Å². The van der Waals surface area contributed by atoms with Gasteiger partial charge in [-0.3, -0.25) is 0 Å². The van der Waals surface area contributed by atoms with Crippen LogP contribution in [0.2, 0.25) is 10.0 Å². The van der Waals surface area contributed by atoms with Crippen molar-refractivity contribution in [3.8, 4) is 17.1 Å². The summed E-state index contributed by atoms with van der Waals surface area (Å²) in [4.78, 5) is 4.77. The molecule has 1 heterocycles. The lowest BCUT2D eigenvalue weighted by molar-refractivity contribution is 0.415. The highest BCUT2D eigenvalue weighted by Gasteiger charge is 2.08. The summed E-state index contributed by atoms with van der Waals surface area (Å²) in [5.74, 6) is 1.45. The van der Waals surface area contributed by atoms with Gasteiger partial charge in [0.1, 0.15) is 17.1 Å². The molecule has 0 fully saturated rings. The van der Waals surface area contributed by atoms with Crippen LogP contribution >= 0.6 is 23.2 Å². The summed E-state index contributed by atoms with van der Waals surface area (Å²) in [7, 11) is 1.63. The molecule has 4 aromatic rings.